The van der Waals surface area contributed by atoms with Gasteiger partial charge in [-0.2, -0.15) is 0 Å². The predicted octanol–water partition coefficient (Wildman–Crippen LogP) is 2.63. The van der Waals surface area contributed by atoms with Gasteiger partial charge in [0.25, 0.3) is 0 Å². The van der Waals surface area contributed by atoms with E-state index < -0.39 is 10.4 Å². The second-order valence-electron chi connectivity index (χ2n) is 10.7. The van der Waals surface area contributed by atoms with Crippen molar-refractivity contribution in [2.24, 2.45) is 0 Å². The van der Waals surface area contributed by atoms with E-state index in [9.17, 15) is 0 Å². The molecule has 0 atom stereocenters. The molecule has 41 heavy (non-hydrogen) atoms. The molecule has 4 aromatic rings. The molecule has 0 amide bonds. The molecule has 4 rings (SSSR count). The van der Waals surface area contributed by atoms with Gasteiger partial charge < -0.3 is 18.9 Å². The zero-order chi connectivity index (χ0) is 30.1. The van der Waals surface area contributed by atoms with Gasteiger partial charge in [0.15, 0.2) is 0 Å². The van der Waals surface area contributed by atoms with E-state index in [4.69, 9.17) is 17.5 Å². The quantitative estimate of drug-likeness (QED) is 0.224. The Kier molecular flexibility index (Phi) is 15.0. The highest BCUT2D eigenvalue weighted by atomic mass is 32.3. The summed E-state index contributed by atoms with van der Waals surface area (Å²) in [5.41, 5.74) is 5.72. The highest BCUT2D eigenvalue weighted by Crippen LogP contribution is 2.08. The van der Waals surface area contributed by atoms with Gasteiger partial charge in [0.1, 0.15) is 0 Å². The fraction of sp³-hybridized carbons (Fsp3) is 0.294. The van der Waals surface area contributed by atoms with Gasteiger partial charge in [-0.05, 0) is 22.3 Å². The molecule has 0 fully saturated rings. The van der Waals surface area contributed by atoms with Gasteiger partial charge in [-0.25, -0.2) is 0 Å². The van der Waals surface area contributed by atoms with Crippen molar-refractivity contribution in [1.82, 2.24) is 0 Å². The number of hydrogen-bond donors (Lipinski definition) is 2. The Labute approximate surface area is 246 Å². The van der Waals surface area contributed by atoms with E-state index in [1.807, 2.05) is 0 Å². The molecule has 0 saturated carbocycles. The second-order valence-corrected chi connectivity index (χ2v) is 11.5. The molecule has 0 radical (unpaired) electrons. The van der Waals surface area contributed by atoms with E-state index in [0.29, 0.717) is 12.1 Å². The lowest BCUT2D eigenvalue weighted by molar-refractivity contribution is -0.885. The minimum Gasteiger partial charge on any atom is -0.759 e. The molecular weight excluding hydrogens is 532 g/mol. The van der Waals surface area contributed by atoms with Crippen molar-refractivity contribution in [1.29, 1.82) is 0 Å². The summed E-state index contributed by atoms with van der Waals surface area (Å²) < 4.78 is 34.1. The number of nitrogens with one attached hydrogen (secondary N) is 2. The van der Waals surface area contributed by atoms with Crippen LogP contribution in [0.3, 0.4) is 0 Å². The first-order chi connectivity index (χ1) is 19.5. The van der Waals surface area contributed by atoms with Gasteiger partial charge in [0.2, 0.25) is 0 Å². The smallest absolute Gasteiger partial charge is 0.0952 e. The Balaban J connectivity index is 0.000000247. The zero-order valence-corrected chi connectivity index (χ0v) is 25.4. The highest BCUT2D eigenvalue weighted by Gasteiger charge is 2.17. The lowest BCUT2D eigenvalue weighted by atomic mass is 9.98. The third-order valence-corrected chi connectivity index (χ3v) is 6.93. The highest BCUT2D eigenvalue weighted by molar-refractivity contribution is 7.79. The van der Waals surface area contributed by atoms with Gasteiger partial charge in [-0.15, -0.1) is 0 Å². The molecule has 0 aromatic heterocycles. The summed E-state index contributed by atoms with van der Waals surface area (Å²) in [6.45, 7) is 0. The number of benzene rings is 4. The second kappa shape index (κ2) is 18.2. The number of rotatable bonds is 10. The first-order valence-electron chi connectivity index (χ1n) is 13.9. The molecule has 6 nitrogen and oxygen atoms in total. The van der Waals surface area contributed by atoms with Gasteiger partial charge in [0, 0.05) is 36.1 Å². The minimum absolute atomic E-state index is 0.634. The van der Waals surface area contributed by atoms with Gasteiger partial charge >= 0.3 is 0 Å². The van der Waals surface area contributed by atoms with Crippen molar-refractivity contribution < 1.29 is 27.3 Å². The normalized spacial score (nSPS) is 11.2. The lowest BCUT2D eigenvalue weighted by Gasteiger charge is -2.21. The topological polar surface area (TPSA) is 89.1 Å². The van der Waals surface area contributed by atoms with Gasteiger partial charge in [-0.1, -0.05) is 121 Å². The van der Waals surface area contributed by atoms with Crippen molar-refractivity contribution in [2.45, 2.75) is 37.8 Å². The first-order valence-corrected chi connectivity index (χ1v) is 15.3. The van der Waals surface area contributed by atoms with Crippen LogP contribution in [-0.2, 0) is 36.1 Å². The molecule has 220 valence electrons. The number of likely N-dealkylation sites (N-methyl/N-ethyl adjacent to an activating group) is 2. The van der Waals surface area contributed by atoms with Crippen LogP contribution < -0.4 is 9.80 Å². The number of quaternary nitrogens is 2. The van der Waals surface area contributed by atoms with Gasteiger partial charge in [0.05, 0.1) is 40.3 Å². The van der Waals surface area contributed by atoms with Crippen LogP contribution in [0.5, 0.6) is 0 Å². The maximum absolute atomic E-state index is 8.52. The molecular formula is C34H44N2O4S. The molecule has 2 N–H and O–H groups in total. The molecule has 7 heteroatoms. The summed E-state index contributed by atoms with van der Waals surface area (Å²) in [6, 6.07) is 44.4. The molecule has 0 unspecified atom stereocenters. The summed E-state index contributed by atoms with van der Waals surface area (Å²) in [5, 5.41) is 0. The minimum atomic E-state index is -5.17. The SMILES string of the molecule is C[NH+](C)C(Cc1ccccc1)Cc1ccccc1.C[NH+](C)C(Cc1ccccc1)Cc1ccccc1.O=S(=O)([O-])[O-]. The van der Waals surface area contributed by atoms with Crippen molar-refractivity contribution in [3.05, 3.63) is 144 Å². The average Bonchev–Trinajstić information content (AvgIpc) is 2.94. The van der Waals surface area contributed by atoms with Crippen molar-refractivity contribution >= 4 is 10.4 Å². The van der Waals surface area contributed by atoms with Crippen LogP contribution >= 0.6 is 0 Å². The molecule has 4 aromatic carbocycles. The van der Waals surface area contributed by atoms with E-state index in [-0.39, 0.29) is 0 Å². The molecule has 0 aliphatic rings. The molecule has 0 bridgehead atoms. The molecule has 0 saturated heterocycles. The number of hydrogen-bond acceptors (Lipinski definition) is 4. The van der Waals surface area contributed by atoms with E-state index >= 15 is 0 Å². The summed E-state index contributed by atoms with van der Waals surface area (Å²) in [4.78, 5) is 3.03. The molecule has 0 aliphatic heterocycles. The summed E-state index contributed by atoms with van der Waals surface area (Å²) in [7, 11) is 3.82. The van der Waals surface area contributed by atoms with E-state index in [1.54, 1.807) is 0 Å². The van der Waals surface area contributed by atoms with Crippen LogP contribution in [-0.4, -0.2) is 57.8 Å². The Morgan fingerprint density at radius 2 is 0.634 bits per heavy atom. The average molecular weight is 577 g/mol. The summed E-state index contributed by atoms with van der Waals surface area (Å²) in [5.74, 6) is 0. The van der Waals surface area contributed by atoms with Crippen LogP contribution in [0, 0.1) is 0 Å². The van der Waals surface area contributed by atoms with Crippen molar-refractivity contribution in [3.8, 4) is 0 Å². The third kappa shape index (κ3) is 15.9. The van der Waals surface area contributed by atoms with E-state index in [0.717, 1.165) is 25.7 Å². The standard InChI is InChI=1S/2C17H21N.H2O4S/c2*1-18(2)17(13-15-9-5-3-6-10-15)14-16-11-7-4-8-12-16;1-5(2,3)4/h2*3-12,17H,13-14H2,1-2H3;(H2,1,2,3,4). The maximum atomic E-state index is 8.52. The predicted molar refractivity (Wildman–Crippen MR) is 164 cm³/mol. The van der Waals surface area contributed by atoms with E-state index in [2.05, 4.69) is 150 Å². The third-order valence-electron chi connectivity index (χ3n) is 6.93. The van der Waals surface area contributed by atoms with Gasteiger partial charge in [-0.3, -0.25) is 8.42 Å². The van der Waals surface area contributed by atoms with Crippen LogP contribution in [0.15, 0.2) is 121 Å². The maximum Gasteiger partial charge on any atom is 0.0952 e. The van der Waals surface area contributed by atoms with Crippen molar-refractivity contribution in [3.63, 3.8) is 0 Å². The Morgan fingerprint density at radius 3 is 0.780 bits per heavy atom. The van der Waals surface area contributed by atoms with Crippen LogP contribution in [0.2, 0.25) is 0 Å². The molecule has 0 aliphatic carbocycles. The monoisotopic (exact) mass is 576 g/mol. The zero-order valence-electron chi connectivity index (χ0n) is 24.6. The van der Waals surface area contributed by atoms with Crippen LogP contribution in [0.1, 0.15) is 22.3 Å². The van der Waals surface area contributed by atoms with E-state index in [1.165, 1.54) is 32.1 Å². The first kappa shape index (κ1) is 33.9. The Morgan fingerprint density at radius 1 is 0.463 bits per heavy atom. The Hall–Kier alpha value is -3.33. The van der Waals surface area contributed by atoms with Crippen molar-refractivity contribution in [2.75, 3.05) is 28.2 Å². The van der Waals surface area contributed by atoms with Crippen LogP contribution in [0.4, 0.5) is 0 Å². The largest absolute Gasteiger partial charge is 0.759 e. The molecule has 0 heterocycles. The summed E-state index contributed by atoms with van der Waals surface area (Å²) in [6.07, 6.45) is 4.55. The Bertz CT molecular complexity index is 1140. The lowest BCUT2D eigenvalue weighted by Crippen LogP contribution is -3.10. The molecule has 0 spiro atoms. The fourth-order valence-corrected chi connectivity index (χ4v) is 4.56. The van der Waals surface area contributed by atoms with Crippen LogP contribution in [0.25, 0.3) is 0 Å². The fourth-order valence-electron chi connectivity index (χ4n) is 4.56. The summed E-state index contributed by atoms with van der Waals surface area (Å²) >= 11 is 0.